The number of nitrogens with zero attached hydrogens (tertiary/aromatic N) is 2. The lowest BCUT2D eigenvalue weighted by atomic mass is 9.90. The first-order valence-electron chi connectivity index (χ1n) is 9.05. The second-order valence-electron chi connectivity index (χ2n) is 7.07. The molecule has 7 nitrogen and oxygen atoms in total. The lowest BCUT2D eigenvalue weighted by Gasteiger charge is -2.16. The van der Waals surface area contributed by atoms with Crippen LogP contribution in [0.5, 0.6) is 0 Å². The second kappa shape index (κ2) is 8.88. The third kappa shape index (κ3) is 5.55. The maximum atomic E-state index is 11.8. The number of fused-ring (bicyclic) bond motifs is 1. The third-order valence-electron chi connectivity index (χ3n) is 4.17. The van der Waals surface area contributed by atoms with Crippen molar-refractivity contribution < 1.29 is 14.0 Å². The van der Waals surface area contributed by atoms with E-state index in [0.29, 0.717) is 11.1 Å². The monoisotopic (exact) mass is 408 g/mol. The Hall–Kier alpha value is -1.87. The van der Waals surface area contributed by atoms with Gasteiger partial charge in [-0.25, -0.2) is 0 Å². The molecule has 2 aromatic heterocycles. The molecule has 146 valence electrons. The zero-order chi connectivity index (χ0) is 19.4. The number of carbonyl (C=O) groups is 2. The minimum atomic E-state index is -0.251. The molecule has 0 fully saturated rings. The molecule has 0 saturated heterocycles. The Bertz CT molecular complexity index is 815. The number of hydrogen-bond acceptors (Lipinski definition) is 7. The highest BCUT2D eigenvalue weighted by molar-refractivity contribution is 7.99. The lowest BCUT2D eigenvalue weighted by molar-refractivity contribution is -0.125. The molecule has 0 spiro atoms. The molecule has 1 aliphatic carbocycles. The number of hydrogen-bond donors (Lipinski definition) is 2. The van der Waals surface area contributed by atoms with Gasteiger partial charge in [0.2, 0.25) is 11.8 Å². The summed E-state index contributed by atoms with van der Waals surface area (Å²) in [4.78, 5) is 25.8. The van der Waals surface area contributed by atoms with Crippen molar-refractivity contribution in [2.45, 2.75) is 51.3 Å². The summed E-state index contributed by atoms with van der Waals surface area (Å²) < 4.78 is 5.69. The van der Waals surface area contributed by atoms with Gasteiger partial charge in [0.25, 0.3) is 11.1 Å². The van der Waals surface area contributed by atoms with Gasteiger partial charge in [0.15, 0.2) is 0 Å². The summed E-state index contributed by atoms with van der Waals surface area (Å²) in [5.74, 6) is 0.879. The van der Waals surface area contributed by atoms with Crippen LogP contribution in [0.25, 0.3) is 10.8 Å². The van der Waals surface area contributed by atoms with E-state index in [9.17, 15) is 9.59 Å². The van der Waals surface area contributed by atoms with Gasteiger partial charge < -0.3 is 15.1 Å². The smallest absolute Gasteiger partial charge is 0.277 e. The lowest BCUT2D eigenvalue weighted by Crippen LogP contribution is -2.40. The van der Waals surface area contributed by atoms with Crippen molar-refractivity contribution in [3.8, 4) is 10.8 Å². The van der Waals surface area contributed by atoms with Crippen LogP contribution >= 0.6 is 23.1 Å². The fourth-order valence-electron chi connectivity index (χ4n) is 2.91. The number of rotatable bonds is 7. The molecular weight excluding hydrogens is 384 g/mol. The van der Waals surface area contributed by atoms with E-state index in [4.69, 9.17) is 4.42 Å². The highest BCUT2D eigenvalue weighted by atomic mass is 32.2. The van der Waals surface area contributed by atoms with Crippen LogP contribution in [-0.2, 0) is 22.4 Å². The average molecular weight is 409 g/mol. The highest BCUT2D eigenvalue weighted by Crippen LogP contribution is 2.37. The number of thioether (sulfide) groups is 1. The first-order valence-corrected chi connectivity index (χ1v) is 10.8. The van der Waals surface area contributed by atoms with Gasteiger partial charge in [-0.05, 0) is 50.7 Å². The number of amides is 2. The quantitative estimate of drug-likeness (QED) is 0.684. The van der Waals surface area contributed by atoms with Crippen LogP contribution in [-0.4, -0.2) is 40.4 Å². The van der Waals surface area contributed by atoms with Gasteiger partial charge in [-0.15, -0.1) is 21.5 Å². The molecule has 2 amide bonds. The molecule has 0 unspecified atom stereocenters. The van der Waals surface area contributed by atoms with Crippen molar-refractivity contribution >= 4 is 34.9 Å². The normalized spacial score (nSPS) is 16.2. The first kappa shape index (κ1) is 19.9. The molecule has 2 heterocycles. The predicted octanol–water partition coefficient (Wildman–Crippen LogP) is 2.66. The van der Waals surface area contributed by atoms with Gasteiger partial charge in [0.05, 0.1) is 17.2 Å². The number of thiophene rings is 1. The molecule has 0 saturated carbocycles. The Morgan fingerprint density at radius 3 is 2.96 bits per heavy atom. The molecule has 2 aromatic rings. The summed E-state index contributed by atoms with van der Waals surface area (Å²) in [7, 11) is 0. The van der Waals surface area contributed by atoms with Crippen molar-refractivity contribution in [1.29, 1.82) is 0 Å². The van der Waals surface area contributed by atoms with Gasteiger partial charge >= 0.3 is 0 Å². The van der Waals surface area contributed by atoms with Gasteiger partial charge in [0.1, 0.15) is 0 Å². The Morgan fingerprint density at radius 2 is 2.19 bits per heavy atom. The predicted molar refractivity (Wildman–Crippen MR) is 106 cm³/mol. The number of carbonyl (C=O) groups excluding carboxylic acids is 2. The first-order chi connectivity index (χ1) is 12.9. The van der Waals surface area contributed by atoms with Gasteiger partial charge in [0, 0.05) is 10.9 Å². The summed E-state index contributed by atoms with van der Waals surface area (Å²) in [5.41, 5.74) is 1.39. The third-order valence-corrected chi connectivity index (χ3v) is 6.21. The number of aromatic nitrogens is 2. The maximum Gasteiger partial charge on any atom is 0.277 e. The molecule has 3 rings (SSSR count). The summed E-state index contributed by atoms with van der Waals surface area (Å²) in [6.45, 7) is 5.98. The second-order valence-corrected chi connectivity index (χ2v) is 9.13. The minimum Gasteiger partial charge on any atom is -0.410 e. The maximum absolute atomic E-state index is 11.8. The van der Waals surface area contributed by atoms with E-state index in [0.717, 1.165) is 23.6 Å². The van der Waals surface area contributed by atoms with E-state index in [1.807, 2.05) is 13.8 Å². The van der Waals surface area contributed by atoms with E-state index >= 15 is 0 Å². The van der Waals surface area contributed by atoms with E-state index in [2.05, 4.69) is 33.8 Å². The van der Waals surface area contributed by atoms with Gasteiger partial charge in [-0.3, -0.25) is 9.59 Å². The standard InChI is InChI=1S/C18H24N4O3S2/c1-10(2)20-15(23)8-19-16(24)9-26-18-22-21-17(25-18)14-7-12-6-11(3)4-5-13(12)27-14/h7,10-11H,4-6,8-9H2,1-3H3,(H,19,24)(H,20,23)/t11-/m0/s1. The largest absolute Gasteiger partial charge is 0.410 e. The minimum absolute atomic E-state index is 0.0359. The van der Waals surface area contributed by atoms with Crippen LogP contribution in [0.15, 0.2) is 15.7 Å². The topological polar surface area (TPSA) is 97.1 Å². The van der Waals surface area contributed by atoms with Crippen LogP contribution in [0.3, 0.4) is 0 Å². The van der Waals surface area contributed by atoms with Crippen molar-refractivity contribution in [2.75, 3.05) is 12.3 Å². The van der Waals surface area contributed by atoms with E-state index in [-0.39, 0.29) is 30.2 Å². The SMILES string of the molecule is CC(C)NC(=O)CNC(=O)CSc1nnc(-c2cc3c(s2)CC[C@H](C)C3)o1. The molecule has 9 heteroatoms. The zero-order valence-corrected chi connectivity index (χ0v) is 17.3. The fraction of sp³-hybridized carbons (Fsp3) is 0.556. The molecule has 2 N–H and O–H groups in total. The van der Waals surface area contributed by atoms with Crippen LogP contribution in [0.2, 0.25) is 0 Å². The van der Waals surface area contributed by atoms with Crippen molar-refractivity contribution in [3.05, 3.63) is 16.5 Å². The van der Waals surface area contributed by atoms with Crippen molar-refractivity contribution in [2.24, 2.45) is 5.92 Å². The van der Waals surface area contributed by atoms with Gasteiger partial charge in [-0.2, -0.15) is 0 Å². The van der Waals surface area contributed by atoms with E-state index in [1.165, 1.54) is 28.6 Å². The summed E-state index contributed by atoms with van der Waals surface area (Å²) in [6, 6.07) is 2.20. The molecular formula is C18H24N4O3S2. The molecule has 0 bridgehead atoms. The highest BCUT2D eigenvalue weighted by Gasteiger charge is 2.21. The van der Waals surface area contributed by atoms with Crippen LogP contribution in [0, 0.1) is 5.92 Å². The van der Waals surface area contributed by atoms with E-state index in [1.54, 1.807) is 11.3 Å². The van der Waals surface area contributed by atoms with Crippen LogP contribution < -0.4 is 10.6 Å². The molecule has 0 aromatic carbocycles. The van der Waals surface area contributed by atoms with Crippen LogP contribution in [0.4, 0.5) is 0 Å². The summed E-state index contributed by atoms with van der Waals surface area (Å²) >= 11 is 2.88. The molecule has 0 aliphatic heterocycles. The average Bonchev–Trinajstić information content (AvgIpc) is 3.23. The number of nitrogens with one attached hydrogen (secondary N) is 2. The van der Waals surface area contributed by atoms with Crippen LogP contribution in [0.1, 0.15) is 37.6 Å². The van der Waals surface area contributed by atoms with Crippen molar-refractivity contribution in [1.82, 2.24) is 20.8 Å². The molecule has 1 atom stereocenters. The van der Waals surface area contributed by atoms with Crippen molar-refractivity contribution in [3.63, 3.8) is 0 Å². The number of aryl methyl sites for hydroxylation is 1. The summed E-state index contributed by atoms with van der Waals surface area (Å²) in [5, 5.41) is 13.8. The Labute approximate surface area is 166 Å². The van der Waals surface area contributed by atoms with E-state index < -0.39 is 0 Å². The molecule has 0 radical (unpaired) electrons. The zero-order valence-electron chi connectivity index (χ0n) is 15.7. The fourth-order valence-corrected chi connectivity index (χ4v) is 4.63. The Balaban J connectivity index is 1.50. The Kier molecular flexibility index (Phi) is 6.54. The van der Waals surface area contributed by atoms with Gasteiger partial charge in [-0.1, -0.05) is 18.7 Å². The molecule has 27 heavy (non-hydrogen) atoms. The molecule has 1 aliphatic rings. The Morgan fingerprint density at radius 1 is 1.37 bits per heavy atom. The summed E-state index contributed by atoms with van der Waals surface area (Å²) in [6.07, 6.45) is 3.44.